The second-order valence-electron chi connectivity index (χ2n) is 7.12. The van der Waals surface area contributed by atoms with E-state index in [9.17, 15) is 0 Å². The molecule has 23 heavy (non-hydrogen) atoms. The van der Waals surface area contributed by atoms with Crippen molar-refractivity contribution in [1.29, 1.82) is 0 Å². The van der Waals surface area contributed by atoms with Gasteiger partial charge >= 0.3 is 9.05 Å². The molecule has 0 heterocycles. The first-order chi connectivity index (χ1) is 10.7. The Labute approximate surface area is 146 Å². The average Bonchev–Trinajstić information content (AvgIpc) is 2.46. The van der Waals surface area contributed by atoms with Crippen LogP contribution in [-0.2, 0) is 17.1 Å². The molecule has 4 N–H and O–H groups in total. The zero-order valence-electron chi connectivity index (χ0n) is 15.9. The minimum Gasteiger partial charge on any atom is -0.395 e. The number of hydrogen-bond acceptors (Lipinski definition) is 6. The van der Waals surface area contributed by atoms with Crippen LogP contribution in [0.5, 0.6) is 0 Å². The summed E-state index contributed by atoms with van der Waals surface area (Å²) in [6.07, 6.45) is 4.19. The fourth-order valence-corrected chi connectivity index (χ4v) is 12.9. The highest BCUT2D eigenvalue weighted by Gasteiger charge is 2.51. The molecule has 0 amide bonds. The maximum absolute atomic E-state index is 6.39. The van der Waals surface area contributed by atoms with Crippen molar-refractivity contribution in [2.24, 2.45) is 11.5 Å². The standard InChI is InChI=1S/C14H38N2O4Si3/c1-17-23(18-2,19-21(3,4)13-9-7-11-15)20-22(5,6)14-10-8-12-16/h7-16H2,1-6H3. The van der Waals surface area contributed by atoms with Gasteiger partial charge in [0.25, 0.3) is 0 Å². The molecule has 0 aromatic carbocycles. The van der Waals surface area contributed by atoms with Gasteiger partial charge in [-0.2, -0.15) is 0 Å². The zero-order chi connectivity index (χ0) is 18.0. The second-order valence-corrected chi connectivity index (χ2v) is 18.6. The van der Waals surface area contributed by atoms with Gasteiger partial charge < -0.3 is 28.5 Å². The molecule has 6 nitrogen and oxygen atoms in total. The van der Waals surface area contributed by atoms with Crippen LogP contribution in [0.1, 0.15) is 25.7 Å². The molecule has 0 aromatic rings. The van der Waals surface area contributed by atoms with Gasteiger partial charge in [-0.25, -0.2) is 0 Å². The molecular formula is C14H38N2O4Si3. The highest BCUT2D eigenvalue weighted by Crippen LogP contribution is 2.27. The van der Waals surface area contributed by atoms with Crippen molar-refractivity contribution in [1.82, 2.24) is 0 Å². The van der Waals surface area contributed by atoms with Gasteiger partial charge in [0.1, 0.15) is 0 Å². The van der Waals surface area contributed by atoms with E-state index in [1.54, 1.807) is 14.2 Å². The topological polar surface area (TPSA) is 89.0 Å². The van der Waals surface area contributed by atoms with E-state index < -0.39 is 25.7 Å². The Hall–Kier alpha value is 0.411. The minimum atomic E-state index is -3.07. The molecule has 0 spiro atoms. The van der Waals surface area contributed by atoms with Crippen molar-refractivity contribution in [3.05, 3.63) is 0 Å². The molecule has 140 valence electrons. The fraction of sp³-hybridized carbons (Fsp3) is 1.00. The number of hydrogen-bond donors (Lipinski definition) is 2. The van der Waals surface area contributed by atoms with Gasteiger partial charge in [0, 0.05) is 14.2 Å². The van der Waals surface area contributed by atoms with Gasteiger partial charge in [0.05, 0.1) is 0 Å². The van der Waals surface area contributed by atoms with E-state index in [1.165, 1.54) is 0 Å². The first kappa shape index (κ1) is 23.4. The van der Waals surface area contributed by atoms with E-state index in [4.69, 9.17) is 28.5 Å². The quantitative estimate of drug-likeness (QED) is 0.354. The Morgan fingerprint density at radius 1 is 0.652 bits per heavy atom. The van der Waals surface area contributed by atoms with Crippen molar-refractivity contribution in [2.45, 2.75) is 64.0 Å². The van der Waals surface area contributed by atoms with Crippen molar-refractivity contribution < 1.29 is 17.1 Å². The fourth-order valence-electron chi connectivity index (χ4n) is 2.44. The summed E-state index contributed by atoms with van der Waals surface area (Å²) < 4.78 is 24.1. The van der Waals surface area contributed by atoms with Crippen molar-refractivity contribution in [3.63, 3.8) is 0 Å². The van der Waals surface area contributed by atoms with Crippen LogP contribution in [0.4, 0.5) is 0 Å². The predicted molar refractivity (Wildman–Crippen MR) is 103 cm³/mol. The third-order valence-corrected chi connectivity index (χ3v) is 14.3. The van der Waals surface area contributed by atoms with Crippen LogP contribution in [0, 0.1) is 0 Å². The molecule has 0 bridgehead atoms. The average molecular weight is 383 g/mol. The van der Waals surface area contributed by atoms with Gasteiger partial charge in [0.2, 0.25) is 0 Å². The summed E-state index contributed by atoms with van der Waals surface area (Å²) in [6, 6.07) is 2.06. The second kappa shape index (κ2) is 11.1. The van der Waals surface area contributed by atoms with Gasteiger partial charge in [-0.05, 0) is 64.2 Å². The molecule has 0 radical (unpaired) electrons. The number of unbranched alkanes of at least 4 members (excludes halogenated alkanes) is 2. The lowest BCUT2D eigenvalue weighted by Gasteiger charge is -2.38. The van der Waals surface area contributed by atoms with E-state index in [0.717, 1.165) is 50.9 Å². The molecule has 0 aliphatic rings. The van der Waals surface area contributed by atoms with Crippen LogP contribution >= 0.6 is 0 Å². The van der Waals surface area contributed by atoms with Crippen LogP contribution in [0.2, 0.25) is 38.3 Å². The molecule has 0 saturated carbocycles. The van der Waals surface area contributed by atoms with E-state index in [2.05, 4.69) is 26.2 Å². The largest absolute Gasteiger partial charge is 0.657 e. The minimum absolute atomic E-state index is 0.721. The van der Waals surface area contributed by atoms with Crippen LogP contribution < -0.4 is 11.5 Å². The summed E-state index contributed by atoms with van der Waals surface area (Å²) >= 11 is 0. The van der Waals surface area contributed by atoms with E-state index >= 15 is 0 Å². The predicted octanol–water partition coefficient (Wildman–Crippen LogP) is 2.64. The molecule has 0 fully saturated rings. The summed E-state index contributed by atoms with van der Waals surface area (Å²) in [7, 11) is -3.66. The lowest BCUT2D eigenvalue weighted by Crippen LogP contribution is -2.59. The Morgan fingerprint density at radius 2 is 1.00 bits per heavy atom. The van der Waals surface area contributed by atoms with Crippen molar-refractivity contribution in [3.8, 4) is 0 Å². The van der Waals surface area contributed by atoms with Gasteiger partial charge in [-0.15, -0.1) is 0 Å². The van der Waals surface area contributed by atoms with Crippen LogP contribution in [0.3, 0.4) is 0 Å². The number of rotatable bonds is 14. The third-order valence-electron chi connectivity index (χ3n) is 3.77. The SMILES string of the molecule is CO[Si](OC)(O[Si](C)(C)CCCCN)O[Si](C)(C)CCCCN. The zero-order valence-corrected chi connectivity index (χ0v) is 18.9. The maximum Gasteiger partial charge on any atom is 0.657 e. The van der Waals surface area contributed by atoms with Crippen LogP contribution in [-0.4, -0.2) is 53.0 Å². The lowest BCUT2D eigenvalue weighted by molar-refractivity contribution is 0.0758. The molecule has 0 aromatic heterocycles. The van der Waals surface area contributed by atoms with Crippen molar-refractivity contribution in [2.75, 3.05) is 27.3 Å². The van der Waals surface area contributed by atoms with Gasteiger partial charge in [0.15, 0.2) is 16.6 Å². The third kappa shape index (κ3) is 10.1. The molecule has 0 rings (SSSR count). The molecule has 0 atom stereocenters. The van der Waals surface area contributed by atoms with Crippen LogP contribution in [0.15, 0.2) is 0 Å². The summed E-state index contributed by atoms with van der Waals surface area (Å²) in [6.45, 7) is 10.2. The highest BCUT2D eigenvalue weighted by atomic mass is 28.5. The van der Waals surface area contributed by atoms with Crippen LogP contribution in [0.25, 0.3) is 0 Å². The van der Waals surface area contributed by atoms with Gasteiger partial charge in [-0.1, -0.05) is 12.8 Å². The summed E-state index contributed by atoms with van der Waals surface area (Å²) in [5, 5.41) is 0. The first-order valence-electron chi connectivity index (χ1n) is 8.56. The van der Waals surface area contributed by atoms with Gasteiger partial charge in [-0.3, -0.25) is 0 Å². The van der Waals surface area contributed by atoms with E-state index in [0.29, 0.717) is 0 Å². The molecule has 9 heteroatoms. The Morgan fingerprint density at radius 3 is 1.26 bits per heavy atom. The number of nitrogens with two attached hydrogens (primary N) is 2. The Balaban J connectivity index is 4.82. The first-order valence-corrected chi connectivity index (χ1v) is 16.4. The Bertz CT molecular complexity index is 290. The van der Waals surface area contributed by atoms with E-state index in [1.807, 2.05) is 0 Å². The normalized spacial score (nSPS) is 13.6. The molecule has 0 unspecified atom stereocenters. The van der Waals surface area contributed by atoms with E-state index in [-0.39, 0.29) is 0 Å². The summed E-state index contributed by atoms with van der Waals surface area (Å²) in [5.41, 5.74) is 11.2. The molecule has 0 aliphatic heterocycles. The smallest absolute Gasteiger partial charge is 0.395 e. The lowest BCUT2D eigenvalue weighted by atomic mass is 10.3. The summed E-state index contributed by atoms with van der Waals surface area (Å²) in [4.78, 5) is 0. The molecular weight excluding hydrogens is 344 g/mol. The summed E-state index contributed by atoms with van der Waals surface area (Å²) in [5.74, 6) is 0. The Kier molecular flexibility index (Phi) is 11.3. The monoisotopic (exact) mass is 382 g/mol. The molecule has 0 saturated heterocycles. The molecule has 0 aliphatic carbocycles. The maximum atomic E-state index is 6.39. The highest BCUT2D eigenvalue weighted by molar-refractivity contribution is 6.84. The van der Waals surface area contributed by atoms with Crippen molar-refractivity contribution >= 4 is 25.7 Å².